The van der Waals surface area contributed by atoms with Crippen LogP contribution in [0, 0.1) is 13.8 Å². The lowest BCUT2D eigenvalue weighted by Gasteiger charge is -2.28. The fourth-order valence-electron chi connectivity index (χ4n) is 3.90. The monoisotopic (exact) mass is 400 g/mol. The van der Waals surface area contributed by atoms with E-state index in [1.165, 1.54) is 16.8 Å². The molecular weight excluding hydrogens is 376 g/mol. The Hall–Kier alpha value is -3.45. The van der Waals surface area contributed by atoms with Crippen LogP contribution in [0.15, 0.2) is 54.9 Å². The van der Waals surface area contributed by atoms with Crippen molar-refractivity contribution in [2.75, 3.05) is 36.5 Å². The van der Waals surface area contributed by atoms with Crippen molar-refractivity contribution in [2.24, 2.45) is 0 Å². The minimum Gasteiger partial charge on any atom is -0.378 e. The summed E-state index contributed by atoms with van der Waals surface area (Å²) in [6.45, 7) is 7.56. The summed E-state index contributed by atoms with van der Waals surface area (Å²) in [6.07, 6.45) is 3.58. The lowest BCUT2D eigenvalue weighted by Crippen LogP contribution is -2.36. The Morgan fingerprint density at radius 3 is 2.43 bits per heavy atom. The van der Waals surface area contributed by atoms with Crippen LogP contribution < -0.4 is 10.2 Å². The van der Waals surface area contributed by atoms with E-state index in [2.05, 4.69) is 76.6 Å². The van der Waals surface area contributed by atoms with E-state index in [0.717, 1.165) is 48.9 Å². The molecule has 1 aliphatic heterocycles. The van der Waals surface area contributed by atoms with E-state index in [0.29, 0.717) is 5.95 Å². The van der Waals surface area contributed by atoms with Crippen molar-refractivity contribution >= 4 is 23.0 Å². The van der Waals surface area contributed by atoms with Gasteiger partial charge in [-0.15, -0.1) is 5.10 Å². The van der Waals surface area contributed by atoms with Crippen LogP contribution in [0.2, 0.25) is 0 Å². The van der Waals surface area contributed by atoms with Crippen molar-refractivity contribution in [1.82, 2.24) is 19.6 Å². The third-order valence-corrected chi connectivity index (χ3v) is 5.25. The normalized spacial score (nSPS) is 14.3. The number of nitrogens with zero attached hydrogens (tertiary/aromatic N) is 5. The van der Waals surface area contributed by atoms with Crippen molar-refractivity contribution < 1.29 is 4.74 Å². The molecule has 4 aromatic rings. The summed E-state index contributed by atoms with van der Waals surface area (Å²) >= 11 is 0. The predicted octanol–water partition coefficient (Wildman–Crippen LogP) is 3.99. The van der Waals surface area contributed by atoms with Gasteiger partial charge in [0.15, 0.2) is 5.65 Å². The van der Waals surface area contributed by atoms with Gasteiger partial charge in [-0.25, -0.2) is 4.52 Å². The summed E-state index contributed by atoms with van der Waals surface area (Å²) in [5.74, 6) is 0.555. The smallest absolute Gasteiger partial charge is 0.247 e. The molecule has 0 radical (unpaired) electrons. The van der Waals surface area contributed by atoms with E-state index in [9.17, 15) is 0 Å². The maximum absolute atomic E-state index is 5.44. The number of rotatable bonds is 4. The maximum Gasteiger partial charge on any atom is 0.247 e. The number of fused-ring (bicyclic) bond motifs is 1. The zero-order valence-corrected chi connectivity index (χ0v) is 17.2. The third-order valence-electron chi connectivity index (χ3n) is 5.25. The molecule has 7 heteroatoms. The Bertz CT molecular complexity index is 1160. The molecular formula is C23H24N6O. The standard InChI is InChI=1S/C23H24N6O/c1-16-13-17(2)15-19(14-16)25-23-26-22-21(24-7-8-29(22)27-23)18-3-5-20(6-4-18)28-9-11-30-12-10-28/h3-8,13-15H,9-12H2,1-2H3,(H,25,27). The summed E-state index contributed by atoms with van der Waals surface area (Å²) < 4.78 is 7.21. The minimum atomic E-state index is 0.555. The van der Waals surface area contributed by atoms with Crippen molar-refractivity contribution in [3.63, 3.8) is 0 Å². The second-order valence-electron chi connectivity index (χ2n) is 7.63. The van der Waals surface area contributed by atoms with Crippen LogP contribution in [0.1, 0.15) is 11.1 Å². The summed E-state index contributed by atoms with van der Waals surface area (Å²) in [5.41, 5.74) is 7.13. The molecule has 152 valence electrons. The van der Waals surface area contributed by atoms with Crippen LogP contribution in [-0.4, -0.2) is 45.9 Å². The molecule has 0 saturated carbocycles. The molecule has 1 aliphatic rings. The van der Waals surface area contributed by atoms with Gasteiger partial charge < -0.3 is 15.0 Å². The van der Waals surface area contributed by atoms with Gasteiger partial charge in [-0.2, -0.15) is 4.98 Å². The van der Waals surface area contributed by atoms with E-state index in [4.69, 9.17) is 9.72 Å². The van der Waals surface area contributed by atoms with Crippen LogP contribution in [0.5, 0.6) is 0 Å². The number of ether oxygens (including phenoxy) is 1. The molecule has 1 saturated heterocycles. The Morgan fingerprint density at radius 1 is 0.967 bits per heavy atom. The number of morpholine rings is 1. The number of benzene rings is 2. The number of hydrogen-bond donors (Lipinski definition) is 1. The van der Waals surface area contributed by atoms with E-state index >= 15 is 0 Å². The van der Waals surface area contributed by atoms with Gasteiger partial charge in [0.1, 0.15) is 5.69 Å². The largest absolute Gasteiger partial charge is 0.378 e. The predicted molar refractivity (Wildman–Crippen MR) is 118 cm³/mol. The van der Waals surface area contributed by atoms with Crippen molar-refractivity contribution in [3.8, 4) is 11.3 Å². The lowest BCUT2D eigenvalue weighted by molar-refractivity contribution is 0.122. The zero-order chi connectivity index (χ0) is 20.5. The first-order valence-electron chi connectivity index (χ1n) is 10.2. The summed E-state index contributed by atoms with van der Waals surface area (Å²) in [6, 6.07) is 14.8. The van der Waals surface area contributed by atoms with Crippen LogP contribution in [0.3, 0.4) is 0 Å². The summed E-state index contributed by atoms with van der Waals surface area (Å²) in [5, 5.41) is 7.89. The van der Waals surface area contributed by atoms with Gasteiger partial charge in [0.2, 0.25) is 5.95 Å². The SMILES string of the molecule is Cc1cc(C)cc(Nc2nc3c(-c4ccc(N5CCOCC5)cc4)nccn3n2)c1. The average molecular weight is 400 g/mol. The van der Waals surface area contributed by atoms with E-state index in [1.807, 2.05) is 6.20 Å². The van der Waals surface area contributed by atoms with E-state index in [-0.39, 0.29) is 0 Å². The van der Waals surface area contributed by atoms with E-state index in [1.54, 1.807) is 10.7 Å². The second kappa shape index (κ2) is 7.76. The van der Waals surface area contributed by atoms with Gasteiger partial charge in [0, 0.05) is 42.4 Å². The number of aryl methyl sites for hydroxylation is 2. The van der Waals surface area contributed by atoms with Crippen LogP contribution in [-0.2, 0) is 4.74 Å². The molecule has 7 nitrogen and oxygen atoms in total. The van der Waals surface area contributed by atoms with Gasteiger partial charge in [0.25, 0.3) is 0 Å². The lowest BCUT2D eigenvalue weighted by atomic mass is 10.1. The molecule has 30 heavy (non-hydrogen) atoms. The highest BCUT2D eigenvalue weighted by Gasteiger charge is 2.14. The highest BCUT2D eigenvalue weighted by Crippen LogP contribution is 2.26. The second-order valence-corrected chi connectivity index (χ2v) is 7.63. The number of anilines is 3. The van der Waals surface area contributed by atoms with Gasteiger partial charge in [-0.05, 0) is 49.2 Å². The molecule has 1 N–H and O–H groups in total. The molecule has 2 aromatic carbocycles. The molecule has 5 rings (SSSR count). The van der Waals surface area contributed by atoms with Crippen molar-refractivity contribution in [3.05, 3.63) is 66.0 Å². The first kappa shape index (κ1) is 18.6. The van der Waals surface area contributed by atoms with E-state index < -0.39 is 0 Å². The first-order valence-corrected chi connectivity index (χ1v) is 10.2. The Balaban J connectivity index is 1.45. The minimum absolute atomic E-state index is 0.555. The maximum atomic E-state index is 5.44. The highest BCUT2D eigenvalue weighted by molar-refractivity contribution is 5.75. The van der Waals surface area contributed by atoms with Crippen LogP contribution in [0.4, 0.5) is 17.3 Å². The Morgan fingerprint density at radius 2 is 1.70 bits per heavy atom. The summed E-state index contributed by atoms with van der Waals surface area (Å²) in [7, 11) is 0. The van der Waals surface area contributed by atoms with Gasteiger partial charge in [-0.3, -0.25) is 4.98 Å². The van der Waals surface area contributed by atoms with Crippen molar-refractivity contribution in [2.45, 2.75) is 13.8 Å². The van der Waals surface area contributed by atoms with Gasteiger partial charge in [0.05, 0.1) is 13.2 Å². The topological polar surface area (TPSA) is 67.6 Å². The van der Waals surface area contributed by atoms with Crippen molar-refractivity contribution in [1.29, 1.82) is 0 Å². The first-order chi connectivity index (χ1) is 14.7. The fourth-order valence-corrected chi connectivity index (χ4v) is 3.90. The number of aromatic nitrogens is 4. The molecule has 0 unspecified atom stereocenters. The summed E-state index contributed by atoms with van der Waals surface area (Å²) in [4.78, 5) is 11.6. The molecule has 0 spiro atoms. The molecule has 3 heterocycles. The Kier molecular flexibility index (Phi) is 4.80. The molecule has 0 aliphatic carbocycles. The van der Waals surface area contributed by atoms with Crippen LogP contribution >= 0.6 is 0 Å². The molecule has 2 aromatic heterocycles. The molecule has 0 bridgehead atoms. The number of nitrogens with one attached hydrogen (secondary N) is 1. The zero-order valence-electron chi connectivity index (χ0n) is 17.2. The quantitative estimate of drug-likeness (QED) is 0.559. The third kappa shape index (κ3) is 3.71. The number of hydrogen-bond acceptors (Lipinski definition) is 6. The van der Waals surface area contributed by atoms with Gasteiger partial charge in [-0.1, -0.05) is 18.2 Å². The average Bonchev–Trinajstić information content (AvgIpc) is 3.16. The Labute approximate surface area is 175 Å². The van der Waals surface area contributed by atoms with Crippen LogP contribution in [0.25, 0.3) is 16.9 Å². The molecule has 1 fully saturated rings. The molecule has 0 atom stereocenters. The van der Waals surface area contributed by atoms with Gasteiger partial charge >= 0.3 is 0 Å². The highest BCUT2D eigenvalue weighted by atomic mass is 16.5. The molecule has 0 amide bonds. The fraction of sp³-hybridized carbons (Fsp3) is 0.261.